The molecule has 0 unspecified atom stereocenters. The standard InChI is InChI=1S/C12H14N2O/c1-9-12-10(8-15-9)7-14(13-12)11-5-3-2-4-6-11/h2-6,9-10H,7-8H2,1H3/t9-,10+/m0/s1. The third-order valence-electron chi connectivity index (χ3n) is 3.07. The number of benzene rings is 1. The summed E-state index contributed by atoms with van der Waals surface area (Å²) in [7, 11) is 0. The van der Waals surface area contributed by atoms with E-state index in [0.29, 0.717) is 5.92 Å². The van der Waals surface area contributed by atoms with Crippen LogP contribution in [0.25, 0.3) is 0 Å². The van der Waals surface area contributed by atoms with E-state index in [1.54, 1.807) is 0 Å². The fraction of sp³-hybridized carbons (Fsp3) is 0.417. The second-order valence-electron chi connectivity index (χ2n) is 4.12. The smallest absolute Gasteiger partial charge is 0.0950 e. The van der Waals surface area contributed by atoms with Crippen molar-refractivity contribution in [3.8, 4) is 0 Å². The van der Waals surface area contributed by atoms with E-state index in [9.17, 15) is 0 Å². The first-order chi connectivity index (χ1) is 7.34. The van der Waals surface area contributed by atoms with Crippen LogP contribution in [0.5, 0.6) is 0 Å². The highest BCUT2D eigenvalue weighted by atomic mass is 16.5. The van der Waals surface area contributed by atoms with Gasteiger partial charge in [-0.3, -0.25) is 5.01 Å². The zero-order valence-corrected chi connectivity index (χ0v) is 8.76. The van der Waals surface area contributed by atoms with Gasteiger partial charge < -0.3 is 4.74 Å². The van der Waals surface area contributed by atoms with Gasteiger partial charge in [0.1, 0.15) is 0 Å². The summed E-state index contributed by atoms with van der Waals surface area (Å²) in [6.07, 6.45) is 0.198. The number of hydrogen-bond donors (Lipinski definition) is 0. The molecule has 1 aromatic carbocycles. The zero-order chi connectivity index (χ0) is 10.3. The van der Waals surface area contributed by atoms with Crippen LogP contribution in [0.3, 0.4) is 0 Å². The Balaban J connectivity index is 1.88. The molecule has 78 valence electrons. The van der Waals surface area contributed by atoms with Gasteiger partial charge in [0, 0.05) is 5.92 Å². The van der Waals surface area contributed by atoms with Crippen LogP contribution in [-0.4, -0.2) is 25.0 Å². The molecule has 2 heterocycles. The highest BCUT2D eigenvalue weighted by Gasteiger charge is 2.36. The molecule has 1 fully saturated rings. The Morgan fingerprint density at radius 2 is 2.13 bits per heavy atom. The van der Waals surface area contributed by atoms with Gasteiger partial charge in [-0.1, -0.05) is 18.2 Å². The molecule has 3 heteroatoms. The van der Waals surface area contributed by atoms with Crippen molar-refractivity contribution in [3.05, 3.63) is 30.3 Å². The van der Waals surface area contributed by atoms with Gasteiger partial charge >= 0.3 is 0 Å². The minimum absolute atomic E-state index is 0.198. The Morgan fingerprint density at radius 3 is 2.87 bits per heavy atom. The largest absolute Gasteiger partial charge is 0.372 e. The van der Waals surface area contributed by atoms with Gasteiger partial charge in [0.2, 0.25) is 0 Å². The maximum absolute atomic E-state index is 5.55. The molecule has 15 heavy (non-hydrogen) atoms. The van der Waals surface area contributed by atoms with E-state index >= 15 is 0 Å². The van der Waals surface area contributed by atoms with Gasteiger partial charge in [0.15, 0.2) is 0 Å². The number of nitrogens with zero attached hydrogens (tertiary/aromatic N) is 2. The molecule has 2 atom stereocenters. The Morgan fingerprint density at radius 1 is 1.33 bits per heavy atom. The van der Waals surface area contributed by atoms with E-state index in [0.717, 1.165) is 13.2 Å². The van der Waals surface area contributed by atoms with E-state index in [4.69, 9.17) is 4.74 Å². The van der Waals surface area contributed by atoms with Crippen LogP contribution in [0.15, 0.2) is 35.4 Å². The molecule has 0 aromatic heterocycles. The van der Waals surface area contributed by atoms with E-state index in [2.05, 4.69) is 29.2 Å². The van der Waals surface area contributed by atoms with Crippen LogP contribution in [-0.2, 0) is 4.74 Å². The Hall–Kier alpha value is -1.35. The quantitative estimate of drug-likeness (QED) is 0.694. The SMILES string of the molecule is C[C@@H]1OC[C@H]2CN(c3ccccc3)N=C21. The summed E-state index contributed by atoms with van der Waals surface area (Å²) >= 11 is 0. The monoisotopic (exact) mass is 202 g/mol. The summed E-state index contributed by atoms with van der Waals surface area (Å²) in [5.41, 5.74) is 2.38. The molecule has 3 rings (SSSR count). The minimum atomic E-state index is 0.198. The molecule has 0 saturated carbocycles. The van der Waals surface area contributed by atoms with Crippen molar-refractivity contribution < 1.29 is 4.74 Å². The van der Waals surface area contributed by atoms with E-state index < -0.39 is 0 Å². The molecule has 2 aliphatic rings. The summed E-state index contributed by atoms with van der Waals surface area (Å²) in [5.74, 6) is 0.500. The zero-order valence-electron chi connectivity index (χ0n) is 8.76. The van der Waals surface area contributed by atoms with Gasteiger partial charge in [-0.05, 0) is 19.1 Å². The first kappa shape index (κ1) is 8.92. The minimum Gasteiger partial charge on any atom is -0.372 e. The summed E-state index contributed by atoms with van der Waals surface area (Å²) in [6.45, 7) is 3.86. The predicted molar refractivity (Wildman–Crippen MR) is 60.1 cm³/mol. The topological polar surface area (TPSA) is 24.8 Å². The normalized spacial score (nSPS) is 29.1. The molecule has 0 radical (unpaired) electrons. The van der Waals surface area contributed by atoms with Crippen molar-refractivity contribution in [2.75, 3.05) is 18.2 Å². The fourth-order valence-electron chi connectivity index (χ4n) is 2.22. The van der Waals surface area contributed by atoms with Crippen molar-refractivity contribution in [1.82, 2.24) is 0 Å². The number of anilines is 1. The molecule has 0 spiro atoms. The van der Waals surface area contributed by atoms with Crippen molar-refractivity contribution in [2.45, 2.75) is 13.0 Å². The maximum Gasteiger partial charge on any atom is 0.0950 e. The van der Waals surface area contributed by atoms with Gasteiger partial charge in [0.25, 0.3) is 0 Å². The lowest BCUT2D eigenvalue weighted by Crippen LogP contribution is -2.19. The molecule has 1 saturated heterocycles. The lowest BCUT2D eigenvalue weighted by Gasteiger charge is -2.15. The Labute approximate surface area is 89.3 Å². The average molecular weight is 202 g/mol. The van der Waals surface area contributed by atoms with Crippen LogP contribution in [0.4, 0.5) is 5.69 Å². The first-order valence-corrected chi connectivity index (χ1v) is 5.37. The van der Waals surface area contributed by atoms with Crippen LogP contribution < -0.4 is 5.01 Å². The summed E-state index contributed by atoms with van der Waals surface area (Å²) < 4.78 is 5.55. The first-order valence-electron chi connectivity index (χ1n) is 5.37. The highest BCUT2D eigenvalue weighted by molar-refractivity contribution is 5.95. The van der Waals surface area contributed by atoms with E-state index in [1.165, 1.54) is 11.4 Å². The molecule has 0 N–H and O–H groups in total. The summed E-state index contributed by atoms with van der Waals surface area (Å²) in [4.78, 5) is 0. The molecular formula is C12H14N2O. The lowest BCUT2D eigenvalue weighted by molar-refractivity contribution is 0.132. The number of para-hydroxylation sites is 1. The second kappa shape index (κ2) is 3.35. The number of fused-ring (bicyclic) bond motifs is 1. The van der Waals surface area contributed by atoms with Crippen LogP contribution in [0.1, 0.15) is 6.92 Å². The highest BCUT2D eigenvalue weighted by Crippen LogP contribution is 2.28. The third-order valence-corrected chi connectivity index (χ3v) is 3.07. The van der Waals surface area contributed by atoms with Crippen LogP contribution in [0.2, 0.25) is 0 Å². The van der Waals surface area contributed by atoms with Crippen molar-refractivity contribution in [2.24, 2.45) is 11.0 Å². The predicted octanol–water partition coefficient (Wildman–Crippen LogP) is 1.90. The molecule has 0 amide bonds. The average Bonchev–Trinajstić information content (AvgIpc) is 2.83. The Bertz CT molecular complexity index is 388. The van der Waals surface area contributed by atoms with Gasteiger partial charge in [0.05, 0.1) is 30.7 Å². The van der Waals surface area contributed by atoms with Gasteiger partial charge in [-0.2, -0.15) is 5.10 Å². The number of hydrazone groups is 1. The fourth-order valence-corrected chi connectivity index (χ4v) is 2.22. The third kappa shape index (κ3) is 1.43. The molecule has 0 aliphatic carbocycles. The Kier molecular flexibility index (Phi) is 1.99. The lowest BCUT2D eigenvalue weighted by atomic mass is 10.1. The van der Waals surface area contributed by atoms with Crippen molar-refractivity contribution in [3.63, 3.8) is 0 Å². The van der Waals surface area contributed by atoms with Gasteiger partial charge in [-0.15, -0.1) is 0 Å². The van der Waals surface area contributed by atoms with Gasteiger partial charge in [-0.25, -0.2) is 0 Å². The molecule has 2 aliphatic heterocycles. The second-order valence-corrected chi connectivity index (χ2v) is 4.12. The van der Waals surface area contributed by atoms with Crippen molar-refractivity contribution >= 4 is 11.4 Å². The molecular weight excluding hydrogens is 188 g/mol. The molecule has 0 bridgehead atoms. The van der Waals surface area contributed by atoms with Crippen molar-refractivity contribution in [1.29, 1.82) is 0 Å². The van der Waals surface area contributed by atoms with Crippen LogP contribution >= 0.6 is 0 Å². The van der Waals surface area contributed by atoms with E-state index in [1.807, 2.05) is 18.2 Å². The van der Waals surface area contributed by atoms with E-state index in [-0.39, 0.29) is 6.10 Å². The maximum atomic E-state index is 5.55. The number of ether oxygens (including phenoxy) is 1. The number of rotatable bonds is 1. The summed E-state index contributed by atoms with van der Waals surface area (Å²) in [5, 5.41) is 6.71. The molecule has 3 nitrogen and oxygen atoms in total. The number of hydrogen-bond acceptors (Lipinski definition) is 3. The molecule has 1 aromatic rings. The summed E-state index contributed by atoms with van der Waals surface area (Å²) in [6, 6.07) is 10.3. The van der Waals surface area contributed by atoms with Crippen LogP contribution in [0, 0.1) is 5.92 Å².